The third kappa shape index (κ3) is 5.81. The van der Waals surface area contributed by atoms with E-state index in [-0.39, 0.29) is 23.7 Å². The maximum absolute atomic E-state index is 12.5. The minimum Gasteiger partial charge on any atom is -0.490 e. The van der Waals surface area contributed by atoms with Crippen molar-refractivity contribution in [3.05, 3.63) is 59.2 Å². The van der Waals surface area contributed by atoms with E-state index in [2.05, 4.69) is 10.1 Å². The quantitative estimate of drug-likeness (QED) is 0.523. The zero-order chi connectivity index (χ0) is 20.5. The second-order valence-corrected chi connectivity index (χ2v) is 5.69. The fraction of sp³-hybridized carbons (Fsp3) is 0.238. The first-order chi connectivity index (χ1) is 13.5. The molecule has 146 valence electrons. The fourth-order valence-electron chi connectivity index (χ4n) is 2.41. The number of halogens is 2. The molecule has 1 N–H and O–H groups in total. The van der Waals surface area contributed by atoms with Crippen molar-refractivity contribution in [2.75, 3.05) is 11.9 Å². The van der Waals surface area contributed by atoms with Gasteiger partial charge >= 0.3 is 6.61 Å². The van der Waals surface area contributed by atoms with Gasteiger partial charge in [0.2, 0.25) is 0 Å². The van der Waals surface area contributed by atoms with Crippen LogP contribution in [0.1, 0.15) is 25.0 Å². The highest BCUT2D eigenvalue weighted by atomic mass is 19.3. The number of hydrogen-bond acceptors (Lipinski definition) is 4. The molecule has 0 aromatic heterocycles. The van der Waals surface area contributed by atoms with Crippen LogP contribution in [-0.4, -0.2) is 19.1 Å². The van der Waals surface area contributed by atoms with Crippen molar-refractivity contribution in [3.8, 4) is 17.6 Å². The van der Waals surface area contributed by atoms with Crippen LogP contribution in [0.15, 0.2) is 48.0 Å². The summed E-state index contributed by atoms with van der Waals surface area (Å²) in [7, 11) is 0. The Morgan fingerprint density at radius 2 is 1.89 bits per heavy atom. The number of hydrogen-bond donors (Lipinski definition) is 1. The van der Waals surface area contributed by atoms with Crippen molar-refractivity contribution in [3.63, 3.8) is 0 Å². The molecule has 0 radical (unpaired) electrons. The highest BCUT2D eigenvalue weighted by Gasteiger charge is 2.13. The van der Waals surface area contributed by atoms with E-state index >= 15 is 0 Å². The molecule has 0 heterocycles. The van der Waals surface area contributed by atoms with Crippen molar-refractivity contribution >= 4 is 17.7 Å². The van der Waals surface area contributed by atoms with E-state index in [0.717, 1.165) is 12.0 Å². The van der Waals surface area contributed by atoms with Gasteiger partial charge in [0, 0.05) is 5.69 Å². The number of alkyl halides is 2. The summed E-state index contributed by atoms with van der Waals surface area (Å²) in [6, 6.07) is 13.3. The van der Waals surface area contributed by atoms with Crippen molar-refractivity contribution in [1.82, 2.24) is 0 Å². The zero-order valence-electron chi connectivity index (χ0n) is 15.5. The monoisotopic (exact) mass is 386 g/mol. The predicted molar refractivity (Wildman–Crippen MR) is 102 cm³/mol. The molecule has 0 fully saturated rings. The number of ether oxygens (including phenoxy) is 2. The van der Waals surface area contributed by atoms with Crippen LogP contribution in [0.3, 0.4) is 0 Å². The van der Waals surface area contributed by atoms with Gasteiger partial charge in [0.15, 0.2) is 11.5 Å². The number of aryl methyl sites for hydroxylation is 1. The van der Waals surface area contributed by atoms with Gasteiger partial charge in [-0.3, -0.25) is 4.79 Å². The van der Waals surface area contributed by atoms with Crippen LogP contribution in [0.2, 0.25) is 0 Å². The lowest BCUT2D eigenvalue weighted by atomic mass is 10.1. The highest BCUT2D eigenvalue weighted by Crippen LogP contribution is 2.30. The third-order valence-corrected chi connectivity index (χ3v) is 3.78. The Morgan fingerprint density at radius 3 is 2.46 bits per heavy atom. The van der Waals surface area contributed by atoms with Gasteiger partial charge in [0.1, 0.15) is 11.6 Å². The molecule has 0 spiro atoms. The van der Waals surface area contributed by atoms with Gasteiger partial charge in [0.05, 0.1) is 6.61 Å². The largest absolute Gasteiger partial charge is 0.490 e. The van der Waals surface area contributed by atoms with E-state index in [9.17, 15) is 18.8 Å². The summed E-state index contributed by atoms with van der Waals surface area (Å²) in [4.78, 5) is 12.4. The number of anilines is 1. The fourth-order valence-corrected chi connectivity index (χ4v) is 2.41. The standard InChI is InChI=1S/C21H20F2N2O3/c1-3-14-5-8-17(9-6-14)25-20(26)16(13-24)11-15-7-10-18(28-21(22)23)19(12-15)27-4-2/h5-12,21H,3-4H2,1-2H3,(H,25,26)/b16-11+. The molecule has 1 amide bonds. The molecule has 0 aliphatic heterocycles. The average molecular weight is 386 g/mol. The topological polar surface area (TPSA) is 71.3 Å². The maximum atomic E-state index is 12.5. The molecule has 2 rings (SSSR count). The van der Waals surface area contributed by atoms with Crippen LogP contribution in [0.5, 0.6) is 11.5 Å². The molecular weight excluding hydrogens is 366 g/mol. The first-order valence-electron chi connectivity index (χ1n) is 8.70. The zero-order valence-corrected chi connectivity index (χ0v) is 15.5. The van der Waals surface area contributed by atoms with Gasteiger partial charge in [-0.2, -0.15) is 14.0 Å². The number of nitrogens with one attached hydrogen (secondary N) is 1. The molecule has 7 heteroatoms. The summed E-state index contributed by atoms with van der Waals surface area (Å²) in [5.41, 5.74) is 2.00. The van der Waals surface area contributed by atoms with E-state index in [1.54, 1.807) is 19.1 Å². The van der Waals surface area contributed by atoms with Crippen molar-refractivity contribution in [2.45, 2.75) is 26.9 Å². The summed E-state index contributed by atoms with van der Waals surface area (Å²) < 4.78 is 34.7. The average Bonchev–Trinajstić information content (AvgIpc) is 2.68. The van der Waals surface area contributed by atoms with Crippen LogP contribution < -0.4 is 14.8 Å². The number of carbonyl (C=O) groups excluding carboxylic acids is 1. The molecule has 0 saturated carbocycles. The molecule has 28 heavy (non-hydrogen) atoms. The first kappa shape index (κ1) is 20.9. The third-order valence-electron chi connectivity index (χ3n) is 3.78. The van der Waals surface area contributed by atoms with Crippen LogP contribution in [0.25, 0.3) is 6.08 Å². The predicted octanol–water partition coefficient (Wildman–Crippen LogP) is 4.79. The summed E-state index contributed by atoms with van der Waals surface area (Å²) in [5.74, 6) is -0.588. The Balaban J connectivity index is 2.23. The molecule has 2 aromatic rings. The minimum atomic E-state index is -2.99. The van der Waals surface area contributed by atoms with Crippen molar-refractivity contribution in [1.29, 1.82) is 5.26 Å². The molecule has 0 unspecified atom stereocenters. The Bertz CT molecular complexity index is 888. The number of benzene rings is 2. The van der Waals surface area contributed by atoms with Gasteiger partial charge in [-0.15, -0.1) is 0 Å². The molecule has 0 aliphatic carbocycles. The number of nitriles is 1. The van der Waals surface area contributed by atoms with E-state index in [0.29, 0.717) is 11.3 Å². The van der Waals surface area contributed by atoms with Crippen molar-refractivity contribution < 1.29 is 23.0 Å². The first-order valence-corrected chi connectivity index (χ1v) is 8.70. The van der Waals surface area contributed by atoms with E-state index in [4.69, 9.17) is 4.74 Å². The molecule has 0 atom stereocenters. The lowest BCUT2D eigenvalue weighted by Gasteiger charge is -2.12. The molecule has 5 nitrogen and oxygen atoms in total. The van der Waals surface area contributed by atoms with Crippen LogP contribution >= 0.6 is 0 Å². The van der Waals surface area contributed by atoms with Gasteiger partial charge in [-0.25, -0.2) is 0 Å². The van der Waals surface area contributed by atoms with Gasteiger partial charge in [-0.1, -0.05) is 25.1 Å². The molecule has 0 aliphatic rings. The smallest absolute Gasteiger partial charge is 0.387 e. The maximum Gasteiger partial charge on any atom is 0.387 e. The van der Waals surface area contributed by atoms with Crippen LogP contribution in [0.4, 0.5) is 14.5 Å². The van der Waals surface area contributed by atoms with Gasteiger partial charge in [-0.05, 0) is 54.8 Å². The summed E-state index contributed by atoms with van der Waals surface area (Å²) >= 11 is 0. The van der Waals surface area contributed by atoms with Crippen LogP contribution in [-0.2, 0) is 11.2 Å². The molecule has 2 aromatic carbocycles. The van der Waals surface area contributed by atoms with E-state index in [1.807, 2.05) is 25.1 Å². The van der Waals surface area contributed by atoms with Crippen molar-refractivity contribution in [2.24, 2.45) is 0 Å². The van der Waals surface area contributed by atoms with Gasteiger partial charge in [0.25, 0.3) is 5.91 Å². The SMILES string of the molecule is CCOc1cc(/C=C(\C#N)C(=O)Nc2ccc(CC)cc2)ccc1OC(F)F. The number of nitrogens with zero attached hydrogens (tertiary/aromatic N) is 1. The molecular formula is C21H20F2N2O3. The lowest BCUT2D eigenvalue weighted by molar-refractivity contribution is -0.112. The van der Waals surface area contributed by atoms with E-state index in [1.165, 1.54) is 24.3 Å². The summed E-state index contributed by atoms with van der Waals surface area (Å²) in [6.07, 6.45) is 2.23. The summed E-state index contributed by atoms with van der Waals surface area (Å²) in [5, 5.41) is 12.0. The second-order valence-electron chi connectivity index (χ2n) is 5.69. The Hall–Kier alpha value is -3.40. The highest BCUT2D eigenvalue weighted by molar-refractivity contribution is 6.09. The molecule has 0 saturated heterocycles. The number of rotatable bonds is 8. The second kappa shape index (κ2) is 10.1. The van der Waals surface area contributed by atoms with Gasteiger partial charge < -0.3 is 14.8 Å². The minimum absolute atomic E-state index is 0.101. The number of amides is 1. The Labute approximate surface area is 162 Å². The Morgan fingerprint density at radius 1 is 1.18 bits per heavy atom. The molecule has 0 bridgehead atoms. The normalized spacial score (nSPS) is 11.1. The summed E-state index contributed by atoms with van der Waals surface area (Å²) in [6.45, 7) is 0.983. The van der Waals surface area contributed by atoms with E-state index < -0.39 is 12.5 Å². The Kier molecular flexibility index (Phi) is 7.52. The number of carbonyl (C=O) groups is 1. The lowest BCUT2D eigenvalue weighted by Crippen LogP contribution is -2.13. The van der Waals surface area contributed by atoms with Crippen LogP contribution in [0, 0.1) is 11.3 Å².